The molecule has 3 heterocycles. The number of hydrogen-bond acceptors (Lipinski definition) is 6. The molecule has 0 unspecified atom stereocenters. The topological polar surface area (TPSA) is 86.7 Å². The molecular weight excluding hydrogens is 330 g/mol. The van der Waals surface area contributed by atoms with Crippen molar-refractivity contribution in [3.8, 4) is 11.5 Å². The van der Waals surface area contributed by atoms with E-state index in [4.69, 9.17) is 15.2 Å². The molecule has 26 heavy (non-hydrogen) atoms. The van der Waals surface area contributed by atoms with E-state index >= 15 is 0 Å². The van der Waals surface area contributed by atoms with Crippen molar-refractivity contribution in [2.75, 3.05) is 12.4 Å². The van der Waals surface area contributed by atoms with Gasteiger partial charge in [-0.2, -0.15) is 0 Å². The first kappa shape index (κ1) is 15.1. The second-order valence-corrected chi connectivity index (χ2v) is 6.64. The molecule has 2 aliphatic heterocycles. The second-order valence-electron chi connectivity index (χ2n) is 6.64. The molecule has 0 saturated carbocycles. The van der Waals surface area contributed by atoms with Gasteiger partial charge >= 0.3 is 0 Å². The highest BCUT2D eigenvalue weighted by molar-refractivity contribution is 5.94. The van der Waals surface area contributed by atoms with Gasteiger partial charge in [0, 0.05) is 17.5 Å². The van der Waals surface area contributed by atoms with Crippen molar-refractivity contribution in [2.45, 2.75) is 25.6 Å². The summed E-state index contributed by atoms with van der Waals surface area (Å²) in [5.41, 5.74) is 9.99. The predicted octanol–water partition coefficient (Wildman–Crippen LogP) is 2.66. The van der Waals surface area contributed by atoms with Crippen LogP contribution < -0.4 is 20.5 Å². The highest BCUT2D eigenvalue weighted by Gasteiger charge is 2.32. The maximum atomic E-state index is 6.11. The van der Waals surface area contributed by atoms with E-state index in [2.05, 4.69) is 22.2 Å². The Labute approximate surface area is 150 Å². The van der Waals surface area contributed by atoms with Gasteiger partial charge in [-0.1, -0.05) is 12.1 Å². The molecule has 7 heteroatoms. The van der Waals surface area contributed by atoms with Crippen molar-refractivity contribution < 1.29 is 9.47 Å². The average Bonchev–Trinajstić information content (AvgIpc) is 3.18. The molecule has 0 amide bonds. The Hall–Kier alpha value is -3.22. The molecule has 3 N–H and O–H groups in total. The fourth-order valence-electron chi connectivity index (χ4n) is 3.77. The number of aromatic nitrogens is 2. The zero-order valence-corrected chi connectivity index (χ0v) is 14.6. The van der Waals surface area contributed by atoms with E-state index in [0.29, 0.717) is 11.9 Å². The van der Waals surface area contributed by atoms with Crippen LogP contribution in [0, 0.1) is 0 Å². The number of fused-ring (bicyclic) bond motifs is 4. The monoisotopic (exact) mass is 349 g/mol. The van der Waals surface area contributed by atoms with Crippen LogP contribution in [-0.2, 0) is 6.42 Å². The number of methoxy groups -OCH3 is 1. The molecule has 1 aromatic heterocycles. The minimum absolute atomic E-state index is 0.123. The molecule has 132 valence electrons. The first-order valence-electron chi connectivity index (χ1n) is 8.59. The third kappa shape index (κ3) is 2.13. The van der Waals surface area contributed by atoms with Crippen LogP contribution in [-0.4, -0.2) is 28.7 Å². The Bertz CT molecular complexity index is 1060. The van der Waals surface area contributed by atoms with E-state index in [-0.39, 0.29) is 12.3 Å². The SMILES string of the molecule is COc1cc2c(c([C@H]3N=C(N)Nc4nc5ccccc5n43)c1)O[C@H](C)C2. The van der Waals surface area contributed by atoms with Crippen molar-refractivity contribution in [3.63, 3.8) is 0 Å². The molecule has 2 aromatic carbocycles. The lowest BCUT2D eigenvalue weighted by Gasteiger charge is -2.25. The summed E-state index contributed by atoms with van der Waals surface area (Å²) in [4.78, 5) is 9.31. The minimum Gasteiger partial charge on any atom is -0.497 e. The fourth-order valence-corrected chi connectivity index (χ4v) is 3.77. The number of benzene rings is 2. The number of rotatable bonds is 2. The molecule has 5 rings (SSSR count). The van der Waals surface area contributed by atoms with Gasteiger partial charge in [-0.3, -0.25) is 9.88 Å². The van der Waals surface area contributed by atoms with Crippen LogP contribution in [0.15, 0.2) is 41.4 Å². The number of ether oxygens (including phenoxy) is 2. The van der Waals surface area contributed by atoms with Crippen molar-refractivity contribution >= 4 is 22.9 Å². The van der Waals surface area contributed by atoms with Gasteiger partial charge < -0.3 is 15.2 Å². The van der Waals surface area contributed by atoms with Crippen LogP contribution in [0.5, 0.6) is 11.5 Å². The number of nitrogens with two attached hydrogens (primary N) is 1. The molecular formula is C19H19N5O2. The van der Waals surface area contributed by atoms with Gasteiger partial charge in [0.1, 0.15) is 17.6 Å². The van der Waals surface area contributed by atoms with Crippen molar-refractivity contribution in [3.05, 3.63) is 47.5 Å². The molecule has 0 bridgehead atoms. The minimum atomic E-state index is -0.368. The van der Waals surface area contributed by atoms with Gasteiger partial charge in [0.05, 0.1) is 18.1 Å². The average molecular weight is 349 g/mol. The van der Waals surface area contributed by atoms with Crippen LogP contribution >= 0.6 is 0 Å². The van der Waals surface area contributed by atoms with Gasteiger partial charge in [0.15, 0.2) is 12.1 Å². The summed E-state index contributed by atoms with van der Waals surface area (Å²) in [6.07, 6.45) is 0.604. The van der Waals surface area contributed by atoms with E-state index < -0.39 is 0 Å². The van der Waals surface area contributed by atoms with Crippen molar-refractivity contribution in [1.82, 2.24) is 9.55 Å². The first-order chi connectivity index (χ1) is 12.6. The third-order valence-corrected chi connectivity index (χ3v) is 4.85. The van der Waals surface area contributed by atoms with Crippen LogP contribution in [0.25, 0.3) is 11.0 Å². The van der Waals surface area contributed by atoms with Gasteiger partial charge in [-0.25, -0.2) is 9.98 Å². The number of hydrogen-bond donors (Lipinski definition) is 2. The summed E-state index contributed by atoms with van der Waals surface area (Å²) in [6.45, 7) is 2.06. The Morgan fingerprint density at radius 2 is 2.15 bits per heavy atom. The lowest BCUT2D eigenvalue weighted by molar-refractivity contribution is 0.251. The van der Waals surface area contributed by atoms with Crippen LogP contribution in [0.1, 0.15) is 24.2 Å². The zero-order valence-electron chi connectivity index (χ0n) is 14.6. The number of aliphatic imine (C=N–C) groups is 1. The highest BCUT2D eigenvalue weighted by atomic mass is 16.5. The smallest absolute Gasteiger partial charge is 0.212 e. The molecule has 3 aromatic rings. The van der Waals surface area contributed by atoms with Crippen LogP contribution in [0.2, 0.25) is 0 Å². The first-order valence-corrected chi connectivity index (χ1v) is 8.59. The number of nitrogens with one attached hydrogen (secondary N) is 1. The van der Waals surface area contributed by atoms with Crippen molar-refractivity contribution in [2.24, 2.45) is 10.7 Å². The number of imidazole rings is 1. The van der Waals surface area contributed by atoms with E-state index in [1.807, 2.05) is 41.0 Å². The summed E-state index contributed by atoms with van der Waals surface area (Å²) in [6, 6.07) is 12.0. The van der Waals surface area contributed by atoms with Gasteiger partial charge in [0.2, 0.25) is 5.95 Å². The maximum absolute atomic E-state index is 6.11. The number of guanidine groups is 1. The second kappa shape index (κ2) is 5.39. The molecule has 0 spiro atoms. The zero-order chi connectivity index (χ0) is 17.8. The standard InChI is InChI=1S/C19H19N5O2/c1-10-7-11-8-12(25-2)9-13(16(11)26-10)17-22-18(20)23-19-21-14-5-3-4-6-15(14)24(17)19/h3-6,8-10,17H,7H2,1-2H3,(H3,20,21,22,23)/t10-,17+/m1/s1. The summed E-state index contributed by atoms with van der Waals surface area (Å²) in [7, 11) is 1.67. The summed E-state index contributed by atoms with van der Waals surface area (Å²) < 4.78 is 13.7. The lowest BCUT2D eigenvalue weighted by Crippen LogP contribution is -2.31. The number of anilines is 1. The van der Waals surface area contributed by atoms with E-state index in [0.717, 1.165) is 40.1 Å². The fraction of sp³-hybridized carbons (Fsp3) is 0.263. The molecule has 0 saturated heterocycles. The van der Waals surface area contributed by atoms with Gasteiger partial charge in [-0.05, 0) is 31.2 Å². The quantitative estimate of drug-likeness (QED) is 0.743. The van der Waals surface area contributed by atoms with Crippen LogP contribution in [0.4, 0.5) is 5.95 Å². The van der Waals surface area contributed by atoms with Crippen LogP contribution in [0.3, 0.4) is 0 Å². The third-order valence-electron chi connectivity index (χ3n) is 4.85. The summed E-state index contributed by atoms with van der Waals surface area (Å²) >= 11 is 0. The van der Waals surface area contributed by atoms with Gasteiger partial charge in [-0.15, -0.1) is 0 Å². The molecule has 2 atom stereocenters. The van der Waals surface area contributed by atoms with E-state index in [9.17, 15) is 0 Å². The Morgan fingerprint density at radius 3 is 3.00 bits per heavy atom. The molecule has 2 aliphatic rings. The van der Waals surface area contributed by atoms with Crippen molar-refractivity contribution in [1.29, 1.82) is 0 Å². The molecule has 0 fully saturated rings. The molecule has 7 nitrogen and oxygen atoms in total. The normalized spacial score (nSPS) is 20.8. The number of nitrogens with zero attached hydrogens (tertiary/aromatic N) is 3. The van der Waals surface area contributed by atoms with E-state index in [1.54, 1.807) is 7.11 Å². The Morgan fingerprint density at radius 1 is 1.31 bits per heavy atom. The van der Waals surface area contributed by atoms with Gasteiger partial charge in [0.25, 0.3) is 0 Å². The summed E-state index contributed by atoms with van der Waals surface area (Å²) in [5, 5.41) is 3.06. The highest BCUT2D eigenvalue weighted by Crippen LogP contribution is 2.43. The number of para-hydroxylation sites is 2. The van der Waals surface area contributed by atoms with E-state index in [1.165, 1.54) is 0 Å². The lowest BCUT2D eigenvalue weighted by atomic mass is 10.0. The Kier molecular flexibility index (Phi) is 3.12. The maximum Gasteiger partial charge on any atom is 0.212 e. The predicted molar refractivity (Wildman–Crippen MR) is 99.9 cm³/mol. The Balaban J connectivity index is 1.77. The molecule has 0 aliphatic carbocycles. The summed E-state index contributed by atoms with van der Waals surface area (Å²) in [5.74, 6) is 2.66. The molecule has 0 radical (unpaired) electrons. The largest absolute Gasteiger partial charge is 0.497 e.